The number of amides is 2. The predicted molar refractivity (Wildman–Crippen MR) is 73.5 cm³/mol. The Balaban J connectivity index is 2.22. The molecular formula is C14H17N3O2. The molecule has 2 amide bonds. The fraction of sp³-hybridized carbons (Fsp3) is 0.357. The first-order valence-corrected chi connectivity index (χ1v) is 6.29. The van der Waals surface area contributed by atoms with Crippen molar-refractivity contribution in [2.75, 3.05) is 12.4 Å². The minimum absolute atomic E-state index is 0.000869. The first kappa shape index (κ1) is 13.3. The van der Waals surface area contributed by atoms with Gasteiger partial charge in [-0.3, -0.25) is 9.59 Å². The molecule has 2 N–H and O–H groups in total. The first-order chi connectivity index (χ1) is 9.10. The summed E-state index contributed by atoms with van der Waals surface area (Å²) in [5.74, 6) is 0.488. The highest BCUT2D eigenvalue weighted by Gasteiger charge is 2.20. The third kappa shape index (κ3) is 3.19. The number of anilines is 1. The fourth-order valence-corrected chi connectivity index (χ4v) is 1.92. The van der Waals surface area contributed by atoms with Crippen molar-refractivity contribution in [3.05, 3.63) is 29.5 Å². The van der Waals surface area contributed by atoms with Gasteiger partial charge in [-0.05, 0) is 36.1 Å². The van der Waals surface area contributed by atoms with Crippen LogP contribution in [0.5, 0.6) is 0 Å². The number of hydrogen-bond acceptors (Lipinski definition) is 3. The van der Waals surface area contributed by atoms with Crippen molar-refractivity contribution in [2.45, 2.75) is 19.8 Å². The lowest BCUT2D eigenvalue weighted by Crippen LogP contribution is -2.18. The molecule has 0 unspecified atom stereocenters. The van der Waals surface area contributed by atoms with E-state index in [4.69, 9.17) is 0 Å². The number of likely N-dealkylation sites (N-methyl/N-ethyl adjacent to an activating group) is 1. The third-order valence-corrected chi connectivity index (χ3v) is 3.20. The molecule has 1 aliphatic heterocycles. The van der Waals surface area contributed by atoms with Gasteiger partial charge in [0.25, 0.3) is 0 Å². The molecule has 0 aliphatic carbocycles. The van der Waals surface area contributed by atoms with Crippen LogP contribution in [0.2, 0.25) is 0 Å². The van der Waals surface area contributed by atoms with Crippen LogP contribution in [0.4, 0.5) is 5.82 Å². The standard InChI is InChI=1S/C14H17N3O2/c1-9-3-5-11-7-10(4-6-12(18)15-2)8-16-13(11)17-14(9)19/h4,6-9H,3,5H2,1-2H3,(H,15,18)(H,16,17,19)/b6-4+/t9-/m1/s1. The van der Waals surface area contributed by atoms with Crippen molar-refractivity contribution in [2.24, 2.45) is 5.92 Å². The smallest absolute Gasteiger partial charge is 0.243 e. The number of aryl methyl sites for hydroxylation is 1. The topological polar surface area (TPSA) is 71.1 Å². The molecule has 2 rings (SSSR count). The normalized spacial score (nSPS) is 18.6. The van der Waals surface area contributed by atoms with Crippen LogP contribution in [0.15, 0.2) is 18.3 Å². The number of carbonyl (C=O) groups is 2. The highest BCUT2D eigenvalue weighted by atomic mass is 16.2. The molecule has 0 aromatic carbocycles. The first-order valence-electron chi connectivity index (χ1n) is 6.29. The Hall–Kier alpha value is -2.17. The average Bonchev–Trinajstić information content (AvgIpc) is 2.56. The molecule has 0 saturated heterocycles. The summed E-state index contributed by atoms with van der Waals surface area (Å²) >= 11 is 0. The van der Waals surface area contributed by atoms with E-state index in [-0.39, 0.29) is 17.7 Å². The van der Waals surface area contributed by atoms with Crippen molar-refractivity contribution in [3.8, 4) is 0 Å². The summed E-state index contributed by atoms with van der Waals surface area (Å²) in [6.07, 6.45) is 6.44. The van der Waals surface area contributed by atoms with Crippen LogP contribution in [0.25, 0.3) is 6.08 Å². The van der Waals surface area contributed by atoms with Crippen LogP contribution in [-0.4, -0.2) is 23.8 Å². The molecule has 1 aromatic heterocycles. The molecule has 1 aromatic rings. The van der Waals surface area contributed by atoms with E-state index in [9.17, 15) is 9.59 Å². The van der Waals surface area contributed by atoms with Crippen molar-refractivity contribution in [3.63, 3.8) is 0 Å². The summed E-state index contributed by atoms with van der Waals surface area (Å²) in [5.41, 5.74) is 1.86. The molecule has 0 fully saturated rings. The minimum Gasteiger partial charge on any atom is -0.356 e. The molecule has 0 spiro atoms. The quantitative estimate of drug-likeness (QED) is 0.788. The van der Waals surface area contributed by atoms with Crippen LogP contribution >= 0.6 is 0 Å². The SMILES string of the molecule is CNC(=O)/C=C/c1cnc2c(c1)CC[C@@H](C)C(=O)N2. The highest BCUT2D eigenvalue weighted by molar-refractivity contribution is 5.93. The van der Waals surface area contributed by atoms with Crippen molar-refractivity contribution in [1.29, 1.82) is 0 Å². The van der Waals surface area contributed by atoms with E-state index in [2.05, 4.69) is 15.6 Å². The van der Waals surface area contributed by atoms with E-state index in [1.807, 2.05) is 13.0 Å². The van der Waals surface area contributed by atoms with Crippen LogP contribution in [0, 0.1) is 5.92 Å². The van der Waals surface area contributed by atoms with Gasteiger partial charge in [0.05, 0.1) is 0 Å². The summed E-state index contributed by atoms with van der Waals surface area (Å²) in [7, 11) is 1.58. The predicted octanol–water partition coefficient (Wildman–Crippen LogP) is 1.36. The Morgan fingerprint density at radius 1 is 1.58 bits per heavy atom. The van der Waals surface area contributed by atoms with Gasteiger partial charge in [0.1, 0.15) is 5.82 Å². The van der Waals surface area contributed by atoms with Gasteiger partial charge in [-0.25, -0.2) is 4.98 Å². The van der Waals surface area contributed by atoms with E-state index < -0.39 is 0 Å². The summed E-state index contributed by atoms with van der Waals surface area (Å²) in [4.78, 5) is 27.1. The maximum atomic E-state index is 11.7. The molecule has 0 bridgehead atoms. The summed E-state index contributed by atoms with van der Waals surface area (Å²) in [5, 5.41) is 5.34. The third-order valence-electron chi connectivity index (χ3n) is 3.20. The molecule has 5 nitrogen and oxygen atoms in total. The number of nitrogens with one attached hydrogen (secondary N) is 2. The van der Waals surface area contributed by atoms with E-state index in [1.54, 1.807) is 19.3 Å². The second-order valence-corrected chi connectivity index (χ2v) is 4.65. The average molecular weight is 259 g/mol. The zero-order chi connectivity index (χ0) is 13.8. The monoisotopic (exact) mass is 259 g/mol. The molecule has 1 aliphatic rings. The van der Waals surface area contributed by atoms with E-state index in [0.29, 0.717) is 5.82 Å². The van der Waals surface area contributed by atoms with E-state index in [0.717, 1.165) is 24.0 Å². The van der Waals surface area contributed by atoms with Crippen LogP contribution in [0.1, 0.15) is 24.5 Å². The number of fused-ring (bicyclic) bond motifs is 1. The van der Waals surface area contributed by atoms with Gasteiger partial charge in [0.15, 0.2) is 0 Å². The van der Waals surface area contributed by atoms with Crippen molar-refractivity contribution in [1.82, 2.24) is 10.3 Å². The zero-order valence-electron chi connectivity index (χ0n) is 11.1. The Morgan fingerprint density at radius 3 is 3.11 bits per heavy atom. The second-order valence-electron chi connectivity index (χ2n) is 4.65. The number of hydrogen-bond donors (Lipinski definition) is 2. The van der Waals surface area contributed by atoms with Gasteiger partial charge in [0.2, 0.25) is 11.8 Å². The molecular weight excluding hydrogens is 242 g/mol. The van der Waals surface area contributed by atoms with Crippen LogP contribution < -0.4 is 10.6 Å². The Labute approximate surface area is 112 Å². The largest absolute Gasteiger partial charge is 0.356 e. The van der Waals surface area contributed by atoms with E-state index in [1.165, 1.54) is 6.08 Å². The van der Waals surface area contributed by atoms with Gasteiger partial charge < -0.3 is 10.6 Å². The maximum Gasteiger partial charge on any atom is 0.243 e. The number of carbonyl (C=O) groups excluding carboxylic acids is 2. The van der Waals surface area contributed by atoms with Crippen LogP contribution in [0.3, 0.4) is 0 Å². The molecule has 5 heteroatoms. The van der Waals surface area contributed by atoms with Gasteiger partial charge in [0, 0.05) is 25.2 Å². The van der Waals surface area contributed by atoms with Crippen molar-refractivity contribution < 1.29 is 9.59 Å². The lowest BCUT2D eigenvalue weighted by molar-refractivity contribution is -0.119. The Bertz CT molecular complexity index is 537. The summed E-state index contributed by atoms with van der Waals surface area (Å²) in [6, 6.07) is 1.96. The molecule has 0 saturated carbocycles. The second kappa shape index (κ2) is 5.65. The lowest BCUT2D eigenvalue weighted by Gasteiger charge is -2.06. The fourth-order valence-electron chi connectivity index (χ4n) is 1.92. The van der Waals surface area contributed by atoms with Gasteiger partial charge in [-0.15, -0.1) is 0 Å². The lowest BCUT2D eigenvalue weighted by atomic mass is 10.0. The molecule has 2 heterocycles. The molecule has 100 valence electrons. The maximum absolute atomic E-state index is 11.7. The summed E-state index contributed by atoms with van der Waals surface area (Å²) < 4.78 is 0. The zero-order valence-corrected chi connectivity index (χ0v) is 11.1. The number of aromatic nitrogens is 1. The van der Waals surface area contributed by atoms with E-state index >= 15 is 0 Å². The Kier molecular flexibility index (Phi) is 3.94. The molecule has 0 radical (unpaired) electrons. The van der Waals surface area contributed by atoms with Crippen LogP contribution in [-0.2, 0) is 16.0 Å². The van der Waals surface area contributed by atoms with Gasteiger partial charge in [-0.2, -0.15) is 0 Å². The number of rotatable bonds is 2. The summed E-state index contributed by atoms with van der Waals surface area (Å²) in [6.45, 7) is 1.91. The number of pyridine rings is 1. The molecule has 1 atom stereocenters. The van der Waals surface area contributed by atoms with Gasteiger partial charge in [-0.1, -0.05) is 6.92 Å². The minimum atomic E-state index is -0.156. The molecule has 19 heavy (non-hydrogen) atoms. The number of nitrogens with zero attached hydrogens (tertiary/aromatic N) is 1. The Morgan fingerprint density at radius 2 is 2.37 bits per heavy atom. The van der Waals surface area contributed by atoms with Crippen molar-refractivity contribution >= 4 is 23.7 Å². The van der Waals surface area contributed by atoms with Gasteiger partial charge >= 0.3 is 0 Å². The highest BCUT2D eigenvalue weighted by Crippen LogP contribution is 2.23.